The van der Waals surface area contributed by atoms with Crippen LogP contribution in [0.4, 0.5) is 15.3 Å². The van der Waals surface area contributed by atoms with E-state index in [4.69, 9.17) is 0 Å². The van der Waals surface area contributed by atoms with Gasteiger partial charge in [0.15, 0.2) is 5.13 Å². The summed E-state index contributed by atoms with van der Waals surface area (Å²) in [6, 6.07) is 3.36. The molecule has 0 spiro atoms. The van der Waals surface area contributed by atoms with Gasteiger partial charge in [0.25, 0.3) is 0 Å². The van der Waals surface area contributed by atoms with Crippen molar-refractivity contribution in [2.75, 3.05) is 23.7 Å². The summed E-state index contributed by atoms with van der Waals surface area (Å²) in [6.07, 6.45) is 3.00. The number of carbonyl (C=O) groups excluding carboxylic acids is 1. The summed E-state index contributed by atoms with van der Waals surface area (Å²) in [7, 11) is 0. The number of amides is 1. The number of nitrogens with zero attached hydrogens (tertiary/aromatic N) is 3. The van der Waals surface area contributed by atoms with Gasteiger partial charge in [-0.3, -0.25) is 9.69 Å². The molecule has 116 valence electrons. The minimum absolute atomic E-state index is 0.110. The summed E-state index contributed by atoms with van der Waals surface area (Å²) in [4.78, 5) is 22.5. The highest BCUT2D eigenvalue weighted by atomic mass is 32.1. The molecule has 2 aromatic rings. The Morgan fingerprint density at radius 2 is 2.23 bits per heavy atom. The maximum absolute atomic E-state index is 12.8. The van der Waals surface area contributed by atoms with E-state index in [1.54, 1.807) is 12.3 Å². The van der Waals surface area contributed by atoms with Gasteiger partial charge < -0.3 is 10.6 Å². The molecule has 3 heterocycles. The van der Waals surface area contributed by atoms with Crippen molar-refractivity contribution in [2.45, 2.75) is 19.5 Å². The normalized spacial score (nSPS) is 15.4. The van der Waals surface area contributed by atoms with E-state index in [2.05, 4.69) is 25.5 Å². The molecule has 1 amide bonds. The summed E-state index contributed by atoms with van der Waals surface area (Å²) in [6.45, 7) is 4.07. The Bertz CT molecular complexity index is 654. The fourth-order valence-corrected chi connectivity index (χ4v) is 3.17. The molecule has 1 saturated heterocycles. The first-order valence-corrected chi connectivity index (χ1v) is 7.73. The molecule has 0 saturated carbocycles. The van der Waals surface area contributed by atoms with Crippen molar-refractivity contribution in [1.29, 1.82) is 0 Å². The first kappa shape index (κ1) is 14.9. The van der Waals surface area contributed by atoms with E-state index >= 15 is 0 Å². The minimum Gasteiger partial charge on any atom is -0.365 e. The van der Waals surface area contributed by atoms with Crippen LogP contribution >= 0.6 is 11.3 Å². The Morgan fingerprint density at radius 3 is 2.91 bits per heavy atom. The van der Waals surface area contributed by atoms with Crippen molar-refractivity contribution in [2.24, 2.45) is 0 Å². The van der Waals surface area contributed by atoms with Crippen molar-refractivity contribution < 1.29 is 9.18 Å². The van der Waals surface area contributed by atoms with Gasteiger partial charge in [-0.1, -0.05) is 0 Å². The number of pyridine rings is 1. The van der Waals surface area contributed by atoms with Crippen molar-refractivity contribution in [3.05, 3.63) is 35.2 Å². The smallest absolute Gasteiger partial charge is 0.223 e. The van der Waals surface area contributed by atoms with E-state index in [9.17, 15) is 9.18 Å². The highest BCUT2D eigenvalue weighted by molar-refractivity contribution is 7.15. The van der Waals surface area contributed by atoms with E-state index in [1.165, 1.54) is 30.5 Å². The third-order valence-corrected chi connectivity index (χ3v) is 4.15. The number of nitrogens with one attached hydrogen (secondary N) is 2. The standard InChI is InChI=1S/C14H16FN5OS/c1-9(21)18-14-17-5-12(22-14)8-20-6-11(7-20)19-13-3-2-10(15)4-16-13/h2-5,11H,6-8H2,1H3,(H,16,19)(H,17,18,21). The fraction of sp³-hybridized carbons (Fsp3) is 0.357. The number of thiazole rings is 1. The monoisotopic (exact) mass is 321 g/mol. The fourth-order valence-electron chi connectivity index (χ4n) is 2.27. The van der Waals surface area contributed by atoms with Gasteiger partial charge in [0.05, 0.1) is 12.2 Å². The molecule has 1 fully saturated rings. The summed E-state index contributed by atoms with van der Waals surface area (Å²) in [5.74, 6) is 0.249. The van der Waals surface area contributed by atoms with Crippen LogP contribution in [0.5, 0.6) is 0 Å². The van der Waals surface area contributed by atoms with E-state index < -0.39 is 0 Å². The maximum atomic E-state index is 12.8. The Morgan fingerprint density at radius 1 is 1.41 bits per heavy atom. The number of anilines is 2. The number of hydrogen-bond acceptors (Lipinski definition) is 6. The predicted octanol–water partition coefficient (Wildman–Crippen LogP) is 1.93. The number of carbonyl (C=O) groups is 1. The Kier molecular flexibility index (Phi) is 4.30. The second kappa shape index (κ2) is 6.37. The van der Waals surface area contributed by atoms with Crippen molar-refractivity contribution >= 4 is 28.2 Å². The van der Waals surface area contributed by atoms with Crippen LogP contribution in [0, 0.1) is 5.82 Å². The zero-order chi connectivity index (χ0) is 15.5. The zero-order valence-corrected chi connectivity index (χ0v) is 12.9. The molecule has 0 atom stereocenters. The molecule has 1 aliphatic rings. The average Bonchev–Trinajstić information content (AvgIpc) is 2.85. The number of rotatable bonds is 5. The van der Waals surface area contributed by atoms with Crippen molar-refractivity contribution in [1.82, 2.24) is 14.9 Å². The molecule has 3 rings (SSSR count). The van der Waals surface area contributed by atoms with Crippen LogP contribution in [-0.2, 0) is 11.3 Å². The minimum atomic E-state index is -0.332. The third-order valence-electron chi connectivity index (χ3n) is 3.25. The summed E-state index contributed by atoms with van der Waals surface area (Å²) in [5.41, 5.74) is 0. The van der Waals surface area contributed by atoms with Crippen LogP contribution in [0.15, 0.2) is 24.5 Å². The van der Waals surface area contributed by atoms with Crippen molar-refractivity contribution in [3.63, 3.8) is 0 Å². The van der Waals surface area contributed by atoms with Crippen LogP contribution < -0.4 is 10.6 Å². The molecule has 0 radical (unpaired) electrons. The number of likely N-dealkylation sites (tertiary alicyclic amines) is 1. The van der Waals surface area contributed by atoms with Crippen LogP contribution in [0.1, 0.15) is 11.8 Å². The van der Waals surface area contributed by atoms with E-state index in [0.29, 0.717) is 17.0 Å². The molecule has 22 heavy (non-hydrogen) atoms. The van der Waals surface area contributed by atoms with Gasteiger partial charge in [-0.25, -0.2) is 14.4 Å². The Balaban J connectivity index is 1.44. The molecule has 0 bridgehead atoms. The van der Waals surface area contributed by atoms with Gasteiger partial charge in [-0.2, -0.15) is 0 Å². The molecule has 0 unspecified atom stereocenters. The van der Waals surface area contributed by atoms with Crippen molar-refractivity contribution in [3.8, 4) is 0 Å². The molecular formula is C14H16FN5OS. The topological polar surface area (TPSA) is 70.2 Å². The Labute approximate surface area is 131 Å². The van der Waals surface area contributed by atoms with E-state index in [-0.39, 0.29) is 11.7 Å². The molecular weight excluding hydrogens is 305 g/mol. The van der Waals surface area contributed by atoms with Crippen LogP contribution in [0.25, 0.3) is 0 Å². The summed E-state index contributed by atoms with van der Waals surface area (Å²) in [5, 5.41) is 6.58. The first-order chi connectivity index (χ1) is 10.6. The van der Waals surface area contributed by atoms with Gasteiger partial charge in [-0.05, 0) is 12.1 Å². The lowest BCUT2D eigenvalue weighted by atomic mass is 10.1. The Hall–Kier alpha value is -2.06. The summed E-state index contributed by atoms with van der Waals surface area (Å²) < 4.78 is 12.8. The maximum Gasteiger partial charge on any atom is 0.223 e. The molecule has 0 aromatic carbocycles. The molecule has 6 nitrogen and oxygen atoms in total. The first-order valence-electron chi connectivity index (χ1n) is 6.91. The van der Waals surface area contributed by atoms with Gasteiger partial charge in [0, 0.05) is 37.6 Å². The lowest BCUT2D eigenvalue weighted by molar-refractivity contribution is -0.114. The molecule has 0 aliphatic carbocycles. The second-order valence-corrected chi connectivity index (χ2v) is 6.33. The van der Waals surface area contributed by atoms with Gasteiger partial charge in [0.1, 0.15) is 11.6 Å². The second-order valence-electron chi connectivity index (χ2n) is 5.21. The molecule has 8 heteroatoms. The van der Waals surface area contributed by atoms with E-state index in [1.807, 2.05) is 0 Å². The van der Waals surface area contributed by atoms with Gasteiger partial charge in [0.2, 0.25) is 5.91 Å². The predicted molar refractivity (Wildman–Crippen MR) is 83.3 cm³/mol. The molecule has 1 aliphatic heterocycles. The number of aromatic nitrogens is 2. The summed E-state index contributed by atoms with van der Waals surface area (Å²) >= 11 is 1.49. The zero-order valence-electron chi connectivity index (χ0n) is 12.0. The third kappa shape index (κ3) is 3.77. The lowest BCUT2D eigenvalue weighted by Gasteiger charge is -2.39. The van der Waals surface area contributed by atoms with Crippen LogP contribution in [0.3, 0.4) is 0 Å². The van der Waals surface area contributed by atoms with Crippen LogP contribution in [-0.4, -0.2) is 39.9 Å². The van der Waals surface area contributed by atoms with Gasteiger partial charge >= 0.3 is 0 Å². The number of halogens is 1. The lowest BCUT2D eigenvalue weighted by Crippen LogP contribution is -2.54. The quantitative estimate of drug-likeness (QED) is 0.880. The van der Waals surface area contributed by atoms with Crippen LogP contribution in [0.2, 0.25) is 0 Å². The largest absolute Gasteiger partial charge is 0.365 e. The SMILES string of the molecule is CC(=O)Nc1ncc(CN2CC(Nc3ccc(F)cn3)C2)s1. The molecule has 2 N–H and O–H groups in total. The average molecular weight is 321 g/mol. The van der Waals surface area contributed by atoms with E-state index in [0.717, 1.165) is 24.5 Å². The molecule has 2 aromatic heterocycles. The van der Waals surface area contributed by atoms with Gasteiger partial charge in [-0.15, -0.1) is 11.3 Å². The number of hydrogen-bond donors (Lipinski definition) is 2. The highest BCUT2D eigenvalue weighted by Gasteiger charge is 2.27. The highest BCUT2D eigenvalue weighted by Crippen LogP contribution is 2.22.